The van der Waals surface area contributed by atoms with Gasteiger partial charge in [0.2, 0.25) is 17.7 Å². The number of hydrogen-bond acceptors (Lipinski definition) is 5. The molecular weight excluding hydrogens is 443 g/mol. The lowest BCUT2D eigenvalue weighted by atomic mass is 10.1. The molecule has 2 atom stereocenters. The second-order valence-electron chi connectivity index (χ2n) is 7.83. The van der Waals surface area contributed by atoms with Crippen molar-refractivity contribution in [1.29, 1.82) is 0 Å². The van der Waals surface area contributed by atoms with Gasteiger partial charge in [-0.1, -0.05) is 24.3 Å². The van der Waals surface area contributed by atoms with Gasteiger partial charge in [0.1, 0.15) is 30.3 Å². The molecule has 34 heavy (non-hydrogen) atoms. The molecule has 1 aliphatic heterocycles. The Morgan fingerprint density at radius 2 is 1.91 bits per heavy atom. The number of amides is 4. The maximum Gasteiger partial charge on any atom is 0.255 e. The molecule has 1 heterocycles. The summed E-state index contributed by atoms with van der Waals surface area (Å²) in [6.07, 6.45) is -0.0115. The lowest BCUT2D eigenvalue weighted by molar-refractivity contribution is -0.130. The van der Waals surface area contributed by atoms with Gasteiger partial charge in [-0.25, -0.2) is 4.39 Å². The zero-order valence-electron chi connectivity index (χ0n) is 18.7. The number of para-hydroxylation sites is 1. The van der Waals surface area contributed by atoms with E-state index >= 15 is 0 Å². The van der Waals surface area contributed by atoms with E-state index in [-0.39, 0.29) is 43.2 Å². The summed E-state index contributed by atoms with van der Waals surface area (Å²) in [7, 11) is 0. The Labute approximate surface area is 196 Å². The number of hydrogen-bond donors (Lipinski definition) is 4. The molecule has 1 aliphatic rings. The maximum absolute atomic E-state index is 13.4. The largest absolute Gasteiger partial charge is 0.491 e. The third-order valence-electron chi connectivity index (χ3n) is 5.17. The zero-order chi connectivity index (χ0) is 24.5. The molecule has 0 bridgehead atoms. The predicted octanol–water partition coefficient (Wildman–Crippen LogP) is 0.686. The number of carbonyl (C=O) groups is 4. The topological polar surface area (TPSA) is 126 Å². The number of rotatable bonds is 4. The minimum atomic E-state index is -1.20. The second-order valence-corrected chi connectivity index (χ2v) is 7.83. The third kappa shape index (κ3) is 7.03. The van der Waals surface area contributed by atoms with Gasteiger partial charge in [0.15, 0.2) is 0 Å². The van der Waals surface area contributed by atoms with Gasteiger partial charge in [-0.15, -0.1) is 0 Å². The van der Waals surface area contributed by atoms with Gasteiger partial charge in [-0.2, -0.15) is 0 Å². The van der Waals surface area contributed by atoms with Crippen molar-refractivity contribution >= 4 is 23.6 Å². The normalized spacial score (nSPS) is 19.4. The fourth-order valence-electron chi connectivity index (χ4n) is 3.41. The minimum Gasteiger partial charge on any atom is -0.491 e. The van der Waals surface area contributed by atoms with Crippen molar-refractivity contribution in [1.82, 2.24) is 21.3 Å². The van der Waals surface area contributed by atoms with Crippen LogP contribution in [0.4, 0.5) is 4.39 Å². The van der Waals surface area contributed by atoms with Gasteiger partial charge in [-0.3, -0.25) is 19.2 Å². The smallest absolute Gasteiger partial charge is 0.255 e. The van der Waals surface area contributed by atoms with E-state index in [1.807, 2.05) is 0 Å². The van der Waals surface area contributed by atoms with Crippen LogP contribution in [0.15, 0.2) is 48.5 Å². The van der Waals surface area contributed by atoms with E-state index in [0.717, 1.165) is 0 Å². The van der Waals surface area contributed by atoms with Gasteiger partial charge in [-0.05, 0) is 43.2 Å². The van der Waals surface area contributed by atoms with Crippen molar-refractivity contribution in [2.75, 3.05) is 19.7 Å². The molecule has 4 N–H and O–H groups in total. The summed E-state index contributed by atoms with van der Waals surface area (Å²) in [6.45, 7) is 1.99. The minimum absolute atomic E-state index is 0.112. The van der Waals surface area contributed by atoms with Crippen LogP contribution in [0.3, 0.4) is 0 Å². The standard InChI is InChI=1S/C24H27FN4O5/c1-15-22(31)27-11-12-34-20-8-3-2-7-18(20)23(32)29-19(14-21(30)28-15)24(33)26-10-9-16-5-4-6-17(25)13-16/h2-8,13,15,19H,9-12,14H2,1H3,(H,26,33)(H,27,31)(H,28,30)(H,29,32)/t15-,19-/m0/s1. The molecule has 180 valence electrons. The molecule has 2 aromatic carbocycles. The van der Waals surface area contributed by atoms with Crippen LogP contribution in [0.25, 0.3) is 0 Å². The highest BCUT2D eigenvalue weighted by atomic mass is 19.1. The highest BCUT2D eigenvalue weighted by Crippen LogP contribution is 2.18. The Hall–Kier alpha value is -3.95. The molecule has 0 spiro atoms. The number of ether oxygens (including phenoxy) is 1. The summed E-state index contributed by atoms with van der Waals surface area (Å²) in [5.41, 5.74) is 0.885. The molecular formula is C24H27FN4O5. The summed E-state index contributed by atoms with van der Waals surface area (Å²) in [6, 6.07) is 10.4. The highest BCUT2D eigenvalue weighted by Gasteiger charge is 2.27. The van der Waals surface area contributed by atoms with E-state index in [2.05, 4.69) is 21.3 Å². The fraction of sp³-hybridized carbons (Fsp3) is 0.333. The molecule has 3 rings (SSSR count). The number of carbonyl (C=O) groups excluding carboxylic acids is 4. The fourth-order valence-corrected chi connectivity index (χ4v) is 3.41. The molecule has 0 saturated heterocycles. The van der Waals surface area contributed by atoms with Gasteiger partial charge >= 0.3 is 0 Å². The molecule has 0 aliphatic carbocycles. The number of nitrogens with one attached hydrogen (secondary N) is 4. The number of fused-ring (bicyclic) bond motifs is 1. The average Bonchev–Trinajstić information content (AvgIpc) is 2.80. The van der Waals surface area contributed by atoms with Crippen LogP contribution in [0.2, 0.25) is 0 Å². The predicted molar refractivity (Wildman–Crippen MR) is 122 cm³/mol. The van der Waals surface area contributed by atoms with Crippen molar-refractivity contribution in [3.63, 3.8) is 0 Å². The Morgan fingerprint density at radius 1 is 1.12 bits per heavy atom. The van der Waals surface area contributed by atoms with Crippen LogP contribution in [0, 0.1) is 5.82 Å². The Balaban J connectivity index is 1.75. The van der Waals surface area contributed by atoms with Crippen molar-refractivity contribution in [2.24, 2.45) is 0 Å². The van der Waals surface area contributed by atoms with Crippen LogP contribution in [-0.2, 0) is 20.8 Å². The molecule has 4 amide bonds. The van der Waals surface area contributed by atoms with Crippen LogP contribution in [0.1, 0.15) is 29.3 Å². The van der Waals surface area contributed by atoms with Gasteiger partial charge in [0.25, 0.3) is 5.91 Å². The summed E-state index contributed by atoms with van der Waals surface area (Å²) >= 11 is 0. The van der Waals surface area contributed by atoms with E-state index in [1.165, 1.54) is 25.1 Å². The van der Waals surface area contributed by atoms with Gasteiger partial charge < -0.3 is 26.0 Å². The van der Waals surface area contributed by atoms with E-state index in [1.54, 1.807) is 30.3 Å². The SMILES string of the molecule is C[C@@H]1NC(=O)C[C@@H](C(=O)NCCc2cccc(F)c2)NC(=O)c2ccccc2OCCNC1=O. The Morgan fingerprint density at radius 3 is 2.71 bits per heavy atom. The third-order valence-corrected chi connectivity index (χ3v) is 5.17. The van der Waals surface area contributed by atoms with Crippen LogP contribution in [0.5, 0.6) is 5.75 Å². The molecule has 0 unspecified atom stereocenters. The maximum atomic E-state index is 13.4. The van der Waals surface area contributed by atoms with E-state index in [4.69, 9.17) is 4.74 Å². The average molecular weight is 471 g/mol. The second kappa shape index (κ2) is 11.8. The molecule has 0 aromatic heterocycles. The molecule has 2 aromatic rings. The van der Waals surface area contributed by atoms with Crippen LogP contribution >= 0.6 is 0 Å². The summed E-state index contributed by atoms with van der Waals surface area (Å²) in [5.74, 6) is -2.23. The van der Waals surface area contributed by atoms with Gasteiger partial charge in [0.05, 0.1) is 18.5 Å². The van der Waals surface area contributed by atoms with Crippen molar-refractivity contribution in [2.45, 2.75) is 31.8 Å². The lowest BCUT2D eigenvalue weighted by Gasteiger charge is -2.21. The summed E-state index contributed by atoms with van der Waals surface area (Å²) in [5, 5.41) is 10.4. The quantitative estimate of drug-likeness (QED) is 0.523. The molecule has 0 saturated carbocycles. The first-order chi connectivity index (χ1) is 16.3. The molecule has 10 heteroatoms. The van der Waals surface area contributed by atoms with Crippen molar-refractivity contribution in [3.05, 3.63) is 65.5 Å². The monoisotopic (exact) mass is 470 g/mol. The van der Waals surface area contributed by atoms with Gasteiger partial charge in [0, 0.05) is 6.54 Å². The van der Waals surface area contributed by atoms with E-state index in [9.17, 15) is 23.6 Å². The van der Waals surface area contributed by atoms with E-state index < -0.39 is 35.7 Å². The first-order valence-electron chi connectivity index (χ1n) is 11.0. The molecule has 0 fully saturated rings. The van der Waals surface area contributed by atoms with Crippen LogP contribution < -0.4 is 26.0 Å². The Kier molecular flexibility index (Phi) is 8.55. The first-order valence-corrected chi connectivity index (χ1v) is 11.0. The number of benzene rings is 2. The Bertz CT molecular complexity index is 1060. The molecule has 9 nitrogen and oxygen atoms in total. The van der Waals surface area contributed by atoms with Crippen molar-refractivity contribution < 1.29 is 28.3 Å². The molecule has 0 radical (unpaired) electrons. The van der Waals surface area contributed by atoms with Crippen molar-refractivity contribution in [3.8, 4) is 5.75 Å². The first kappa shape index (κ1) is 24.7. The van der Waals surface area contributed by atoms with E-state index in [0.29, 0.717) is 12.0 Å². The highest BCUT2D eigenvalue weighted by molar-refractivity contribution is 6.01. The summed E-state index contributed by atoms with van der Waals surface area (Å²) in [4.78, 5) is 50.5. The summed E-state index contributed by atoms with van der Waals surface area (Å²) < 4.78 is 19.0. The zero-order valence-corrected chi connectivity index (χ0v) is 18.7. The number of halogens is 1. The van der Waals surface area contributed by atoms with Crippen LogP contribution in [-0.4, -0.2) is 55.4 Å². The lowest BCUT2D eigenvalue weighted by Crippen LogP contribution is -2.52.